The SMILES string of the molecule is C.Cn1ccnc1.c1c[nH]cn1. The normalized spacial score (nSPS) is 7.75. The molecule has 0 aliphatic heterocycles. The van der Waals surface area contributed by atoms with Gasteiger partial charge in [-0.05, 0) is 0 Å². The first kappa shape index (κ1) is 10.4. The van der Waals surface area contributed by atoms with E-state index in [1.807, 2.05) is 17.8 Å². The Balaban J connectivity index is 0.000000189. The molecular formula is C8H14N4. The van der Waals surface area contributed by atoms with E-state index in [9.17, 15) is 0 Å². The molecule has 2 aromatic rings. The van der Waals surface area contributed by atoms with Crippen LogP contribution in [0.3, 0.4) is 0 Å². The summed E-state index contributed by atoms with van der Waals surface area (Å²) in [4.78, 5) is 10.2. The molecule has 2 heterocycles. The fourth-order valence-electron chi connectivity index (χ4n) is 0.541. The van der Waals surface area contributed by atoms with Gasteiger partial charge in [0.1, 0.15) is 0 Å². The summed E-state index contributed by atoms with van der Waals surface area (Å²) >= 11 is 0. The average molecular weight is 166 g/mol. The zero-order valence-electron chi connectivity index (χ0n) is 6.31. The van der Waals surface area contributed by atoms with Gasteiger partial charge in [-0.25, -0.2) is 9.97 Å². The lowest BCUT2D eigenvalue weighted by molar-refractivity contribution is 0.913. The molecule has 0 atom stereocenters. The van der Waals surface area contributed by atoms with Gasteiger partial charge in [-0.3, -0.25) is 0 Å². The quantitative estimate of drug-likeness (QED) is 0.644. The van der Waals surface area contributed by atoms with E-state index in [2.05, 4.69) is 15.0 Å². The first-order valence-electron chi connectivity index (χ1n) is 3.24. The van der Waals surface area contributed by atoms with Crippen molar-refractivity contribution in [3.05, 3.63) is 37.4 Å². The molecule has 0 fully saturated rings. The van der Waals surface area contributed by atoms with Gasteiger partial charge in [-0.15, -0.1) is 0 Å². The maximum atomic E-state index is 3.78. The molecule has 0 saturated carbocycles. The van der Waals surface area contributed by atoms with Crippen molar-refractivity contribution in [2.45, 2.75) is 7.43 Å². The van der Waals surface area contributed by atoms with Crippen LogP contribution >= 0.6 is 0 Å². The monoisotopic (exact) mass is 166 g/mol. The average Bonchev–Trinajstić information content (AvgIpc) is 2.57. The minimum Gasteiger partial charge on any atom is -0.351 e. The minimum absolute atomic E-state index is 0. The van der Waals surface area contributed by atoms with Crippen LogP contribution in [-0.4, -0.2) is 19.5 Å². The van der Waals surface area contributed by atoms with Gasteiger partial charge in [-0.2, -0.15) is 0 Å². The van der Waals surface area contributed by atoms with Crippen molar-refractivity contribution in [2.24, 2.45) is 7.05 Å². The van der Waals surface area contributed by atoms with Crippen molar-refractivity contribution < 1.29 is 0 Å². The molecule has 0 saturated heterocycles. The molecule has 0 aliphatic carbocycles. The highest BCUT2D eigenvalue weighted by Gasteiger charge is 1.69. The van der Waals surface area contributed by atoms with Crippen LogP contribution in [0.15, 0.2) is 37.4 Å². The fraction of sp³-hybridized carbons (Fsp3) is 0.250. The van der Waals surface area contributed by atoms with E-state index in [4.69, 9.17) is 0 Å². The Morgan fingerprint density at radius 1 is 1.25 bits per heavy atom. The van der Waals surface area contributed by atoms with Gasteiger partial charge in [0, 0.05) is 31.8 Å². The van der Waals surface area contributed by atoms with Crippen molar-refractivity contribution in [1.29, 1.82) is 0 Å². The van der Waals surface area contributed by atoms with Crippen LogP contribution in [0, 0.1) is 0 Å². The smallest absolute Gasteiger partial charge is 0.0943 e. The Labute approximate surface area is 72.3 Å². The van der Waals surface area contributed by atoms with Gasteiger partial charge in [-0.1, -0.05) is 7.43 Å². The van der Waals surface area contributed by atoms with Crippen molar-refractivity contribution >= 4 is 0 Å². The minimum atomic E-state index is 0. The van der Waals surface area contributed by atoms with Crippen molar-refractivity contribution in [2.75, 3.05) is 0 Å². The molecule has 4 heteroatoms. The third-order valence-electron chi connectivity index (χ3n) is 1.04. The summed E-state index contributed by atoms with van der Waals surface area (Å²) in [5, 5.41) is 0. The molecule has 1 N–H and O–H groups in total. The number of aryl methyl sites for hydroxylation is 1. The van der Waals surface area contributed by atoms with Crippen LogP contribution in [0.25, 0.3) is 0 Å². The summed E-state index contributed by atoms with van der Waals surface area (Å²) in [7, 11) is 1.94. The number of rotatable bonds is 0. The lowest BCUT2D eigenvalue weighted by Gasteiger charge is -1.76. The van der Waals surface area contributed by atoms with E-state index in [-0.39, 0.29) is 7.43 Å². The molecule has 0 unspecified atom stereocenters. The zero-order valence-corrected chi connectivity index (χ0v) is 6.31. The van der Waals surface area contributed by atoms with Crippen LogP contribution in [-0.2, 0) is 7.05 Å². The third-order valence-corrected chi connectivity index (χ3v) is 1.04. The number of hydrogen-bond acceptors (Lipinski definition) is 2. The Hall–Kier alpha value is -1.58. The fourth-order valence-corrected chi connectivity index (χ4v) is 0.541. The lowest BCUT2D eigenvalue weighted by Crippen LogP contribution is -1.76. The van der Waals surface area contributed by atoms with Crippen molar-refractivity contribution in [3.63, 3.8) is 0 Å². The summed E-state index contributed by atoms with van der Waals surface area (Å²) < 4.78 is 1.89. The standard InChI is InChI=1S/C4H6N2.C3H4N2.CH4/c1-6-3-2-5-4-6;1-2-5-3-4-1;/h2-4H,1H3;1-3H,(H,4,5);1H4. The first-order valence-corrected chi connectivity index (χ1v) is 3.24. The van der Waals surface area contributed by atoms with E-state index < -0.39 is 0 Å². The molecule has 0 spiro atoms. The number of imidazole rings is 2. The van der Waals surface area contributed by atoms with Crippen LogP contribution in [0.2, 0.25) is 0 Å². The van der Waals surface area contributed by atoms with Gasteiger partial charge in [0.2, 0.25) is 0 Å². The third kappa shape index (κ3) is 4.27. The molecule has 12 heavy (non-hydrogen) atoms. The largest absolute Gasteiger partial charge is 0.351 e. The number of nitrogens with zero attached hydrogens (tertiary/aromatic N) is 3. The summed E-state index contributed by atoms with van der Waals surface area (Å²) in [5.41, 5.74) is 0. The Morgan fingerprint density at radius 3 is 2.25 bits per heavy atom. The molecule has 4 nitrogen and oxygen atoms in total. The maximum absolute atomic E-state index is 3.78. The zero-order chi connectivity index (χ0) is 7.94. The topological polar surface area (TPSA) is 46.5 Å². The maximum Gasteiger partial charge on any atom is 0.0943 e. The van der Waals surface area contributed by atoms with E-state index in [0.717, 1.165) is 0 Å². The molecule has 66 valence electrons. The van der Waals surface area contributed by atoms with Crippen LogP contribution < -0.4 is 0 Å². The number of nitrogens with one attached hydrogen (secondary N) is 1. The van der Waals surface area contributed by atoms with Crippen LogP contribution in [0.5, 0.6) is 0 Å². The molecule has 2 rings (SSSR count). The molecule has 0 amide bonds. The Morgan fingerprint density at radius 2 is 2.08 bits per heavy atom. The molecule has 0 aliphatic rings. The molecular weight excluding hydrogens is 152 g/mol. The van der Waals surface area contributed by atoms with Gasteiger partial charge >= 0.3 is 0 Å². The Bertz CT molecular complexity index is 229. The Kier molecular flexibility index (Phi) is 5.34. The van der Waals surface area contributed by atoms with Crippen LogP contribution in [0.4, 0.5) is 0 Å². The highest BCUT2D eigenvalue weighted by Crippen LogP contribution is 1.73. The predicted octanol–water partition coefficient (Wildman–Crippen LogP) is 1.47. The predicted molar refractivity (Wildman–Crippen MR) is 48.5 cm³/mol. The van der Waals surface area contributed by atoms with E-state index in [0.29, 0.717) is 0 Å². The lowest BCUT2D eigenvalue weighted by atomic mass is 10.9. The summed E-state index contributed by atoms with van der Waals surface area (Å²) in [6.45, 7) is 0. The number of H-pyrrole nitrogens is 1. The summed E-state index contributed by atoms with van der Waals surface area (Å²) in [6.07, 6.45) is 10.5. The highest BCUT2D eigenvalue weighted by atomic mass is 15.0. The molecule has 0 bridgehead atoms. The van der Waals surface area contributed by atoms with Crippen LogP contribution in [0.1, 0.15) is 7.43 Å². The van der Waals surface area contributed by atoms with Crippen molar-refractivity contribution in [3.8, 4) is 0 Å². The number of aromatic amines is 1. The van der Waals surface area contributed by atoms with E-state index >= 15 is 0 Å². The van der Waals surface area contributed by atoms with Crippen molar-refractivity contribution in [1.82, 2.24) is 19.5 Å². The van der Waals surface area contributed by atoms with Gasteiger partial charge in [0.15, 0.2) is 0 Å². The molecule has 0 aromatic carbocycles. The summed E-state index contributed by atoms with van der Waals surface area (Å²) in [6, 6.07) is 0. The molecule has 2 aromatic heterocycles. The highest BCUT2D eigenvalue weighted by molar-refractivity contribution is 4.70. The first-order chi connectivity index (χ1) is 5.39. The number of aromatic nitrogens is 4. The van der Waals surface area contributed by atoms with E-state index in [1.54, 1.807) is 31.2 Å². The molecule has 0 radical (unpaired) electrons. The second-order valence-electron chi connectivity index (χ2n) is 1.99. The van der Waals surface area contributed by atoms with Gasteiger partial charge in [0.05, 0.1) is 12.7 Å². The van der Waals surface area contributed by atoms with E-state index in [1.165, 1.54) is 0 Å². The summed E-state index contributed by atoms with van der Waals surface area (Å²) in [5.74, 6) is 0. The number of hydrogen-bond donors (Lipinski definition) is 1. The van der Waals surface area contributed by atoms with Gasteiger partial charge < -0.3 is 9.55 Å². The second kappa shape index (κ2) is 6.15. The second-order valence-corrected chi connectivity index (χ2v) is 1.99. The van der Waals surface area contributed by atoms with Gasteiger partial charge in [0.25, 0.3) is 0 Å².